The molecule has 0 aromatic carbocycles. The fourth-order valence-corrected chi connectivity index (χ4v) is 4.13. The Bertz CT molecular complexity index is 530. The van der Waals surface area contributed by atoms with Crippen molar-refractivity contribution in [1.82, 2.24) is 20.4 Å². The molecule has 4 amide bonds. The van der Waals surface area contributed by atoms with Crippen molar-refractivity contribution in [2.45, 2.75) is 70.5 Å². The standard InChI is InChI=1S/C18H30N4O3/c1-12(2)10-14-17(24)22-9-8-21(11-15(22)16(23)20-14)18(25)19-13-6-4-3-5-7-13/h12-15H,3-11H2,1-2H3,(H,19,25)(H,20,23)/t14-,15-/m1/s1. The number of hydrogen-bond donors (Lipinski definition) is 2. The van der Waals surface area contributed by atoms with Gasteiger partial charge in [-0.3, -0.25) is 9.59 Å². The highest BCUT2D eigenvalue weighted by Gasteiger charge is 2.44. The van der Waals surface area contributed by atoms with E-state index in [0.29, 0.717) is 25.4 Å². The van der Waals surface area contributed by atoms with Crippen molar-refractivity contribution >= 4 is 17.8 Å². The van der Waals surface area contributed by atoms with Gasteiger partial charge in [0.1, 0.15) is 12.1 Å². The molecule has 0 bridgehead atoms. The lowest BCUT2D eigenvalue weighted by atomic mass is 9.95. The number of nitrogens with one attached hydrogen (secondary N) is 2. The van der Waals surface area contributed by atoms with E-state index in [1.807, 2.05) is 13.8 Å². The molecule has 3 fully saturated rings. The normalized spacial score (nSPS) is 28.0. The van der Waals surface area contributed by atoms with E-state index >= 15 is 0 Å². The molecule has 2 atom stereocenters. The molecule has 3 aliphatic rings. The van der Waals surface area contributed by atoms with Crippen LogP contribution in [0.5, 0.6) is 0 Å². The summed E-state index contributed by atoms with van der Waals surface area (Å²) in [6.45, 7) is 5.29. The summed E-state index contributed by atoms with van der Waals surface area (Å²) in [5, 5.41) is 5.95. The van der Waals surface area contributed by atoms with Gasteiger partial charge in [0, 0.05) is 19.1 Å². The second kappa shape index (κ2) is 7.62. The van der Waals surface area contributed by atoms with Crippen molar-refractivity contribution in [3.63, 3.8) is 0 Å². The Balaban J connectivity index is 1.58. The Morgan fingerprint density at radius 2 is 1.92 bits per heavy atom. The monoisotopic (exact) mass is 350 g/mol. The third-order valence-corrected chi connectivity index (χ3v) is 5.51. The summed E-state index contributed by atoms with van der Waals surface area (Å²) in [5.41, 5.74) is 0. The minimum atomic E-state index is -0.554. The minimum absolute atomic E-state index is 0.00867. The second-order valence-electron chi connectivity index (χ2n) is 7.97. The molecule has 1 saturated carbocycles. The predicted molar refractivity (Wildman–Crippen MR) is 93.9 cm³/mol. The fourth-order valence-electron chi connectivity index (χ4n) is 4.13. The molecule has 0 radical (unpaired) electrons. The molecular formula is C18H30N4O3. The van der Waals surface area contributed by atoms with Gasteiger partial charge in [-0.25, -0.2) is 4.79 Å². The van der Waals surface area contributed by atoms with Crippen LogP contribution >= 0.6 is 0 Å². The summed E-state index contributed by atoms with van der Waals surface area (Å²) < 4.78 is 0. The summed E-state index contributed by atoms with van der Waals surface area (Å²) in [6.07, 6.45) is 6.29. The zero-order chi connectivity index (χ0) is 18.0. The van der Waals surface area contributed by atoms with Crippen molar-refractivity contribution < 1.29 is 14.4 Å². The van der Waals surface area contributed by atoms with Gasteiger partial charge in [0.2, 0.25) is 11.8 Å². The fraction of sp³-hybridized carbons (Fsp3) is 0.833. The molecular weight excluding hydrogens is 320 g/mol. The van der Waals surface area contributed by atoms with Gasteiger partial charge in [-0.15, -0.1) is 0 Å². The molecule has 7 heteroatoms. The smallest absolute Gasteiger partial charge is 0.317 e. The molecule has 2 aliphatic heterocycles. The quantitative estimate of drug-likeness (QED) is 0.799. The third kappa shape index (κ3) is 4.07. The van der Waals surface area contributed by atoms with E-state index < -0.39 is 12.1 Å². The van der Waals surface area contributed by atoms with E-state index in [-0.39, 0.29) is 30.4 Å². The molecule has 0 aromatic heterocycles. The lowest BCUT2D eigenvalue weighted by Gasteiger charge is -2.45. The Hall–Kier alpha value is -1.79. The number of piperazine rings is 2. The van der Waals surface area contributed by atoms with Gasteiger partial charge in [0.15, 0.2) is 0 Å². The van der Waals surface area contributed by atoms with Crippen LogP contribution in [0.1, 0.15) is 52.4 Å². The lowest BCUT2D eigenvalue weighted by Crippen LogP contribution is -2.70. The highest BCUT2D eigenvalue weighted by Crippen LogP contribution is 2.21. The van der Waals surface area contributed by atoms with E-state index in [4.69, 9.17) is 0 Å². The Morgan fingerprint density at radius 1 is 1.20 bits per heavy atom. The summed E-state index contributed by atoms with van der Waals surface area (Å²) >= 11 is 0. The van der Waals surface area contributed by atoms with Crippen LogP contribution in [0.3, 0.4) is 0 Å². The largest absolute Gasteiger partial charge is 0.342 e. The molecule has 2 heterocycles. The number of hydrogen-bond acceptors (Lipinski definition) is 3. The molecule has 2 N–H and O–H groups in total. The molecule has 1 aliphatic carbocycles. The van der Waals surface area contributed by atoms with E-state index in [1.54, 1.807) is 9.80 Å². The third-order valence-electron chi connectivity index (χ3n) is 5.51. The first-order valence-electron chi connectivity index (χ1n) is 9.62. The SMILES string of the molecule is CC(C)C[C@H]1NC(=O)[C@H]2CN(C(=O)NC3CCCCC3)CCN2C1=O. The average Bonchev–Trinajstić information content (AvgIpc) is 2.59. The van der Waals surface area contributed by atoms with Crippen LogP contribution in [0.2, 0.25) is 0 Å². The second-order valence-corrected chi connectivity index (χ2v) is 7.97. The number of carbonyl (C=O) groups excluding carboxylic acids is 3. The number of carbonyl (C=O) groups is 3. The van der Waals surface area contributed by atoms with Crippen molar-refractivity contribution in [2.75, 3.05) is 19.6 Å². The topological polar surface area (TPSA) is 81.8 Å². The van der Waals surface area contributed by atoms with Crippen molar-refractivity contribution in [3.8, 4) is 0 Å². The van der Waals surface area contributed by atoms with Gasteiger partial charge in [0.05, 0.1) is 6.54 Å². The summed E-state index contributed by atoms with van der Waals surface area (Å²) in [5.74, 6) is 0.194. The Labute approximate surface area is 149 Å². The van der Waals surface area contributed by atoms with E-state index in [1.165, 1.54) is 6.42 Å². The Morgan fingerprint density at radius 3 is 2.60 bits per heavy atom. The maximum atomic E-state index is 12.6. The van der Waals surface area contributed by atoms with Gasteiger partial charge < -0.3 is 20.4 Å². The minimum Gasteiger partial charge on any atom is -0.342 e. The average molecular weight is 350 g/mol. The first-order chi connectivity index (χ1) is 12.0. The van der Waals surface area contributed by atoms with Crippen molar-refractivity contribution in [1.29, 1.82) is 0 Å². The van der Waals surface area contributed by atoms with E-state index in [9.17, 15) is 14.4 Å². The molecule has 0 aromatic rings. The lowest BCUT2D eigenvalue weighted by molar-refractivity contribution is -0.152. The zero-order valence-electron chi connectivity index (χ0n) is 15.3. The van der Waals surface area contributed by atoms with Crippen LogP contribution in [0, 0.1) is 5.92 Å². The number of nitrogens with zero attached hydrogens (tertiary/aromatic N) is 2. The molecule has 0 unspecified atom stereocenters. The highest BCUT2D eigenvalue weighted by atomic mass is 16.2. The molecule has 140 valence electrons. The first kappa shape index (κ1) is 18.0. The summed E-state index contributed by atoms with van der Waals surface area (Å²) in [6, 6.07) is -0.833. The van der Waals surface area contributed by atoms with Crippen LogP contribution in [-0.4, -0.2) is 65.4 Å². The van der Waals surface area contributed by atoms with E-state index in [0.717, 1.165) is 25.7 Å². The van der Waals surface area contributed by atoms with Crippen LogP contribution in [0.15, 0.2) is 0 Å². The molecule has 3 rings (SSSR count). The van der Waals surface area contributed by atoms with Crippen LogP contribution < -0.4 is 10.6 Å². The number of amides is 4. The Kier molecular flexibility index (Phi) is 5.49. The molecule has 2 saturated heterocycles. The van der Waals surface area contributed by atoms with Crippen LogP contribution in [-0.2, 0) is 9.59 Å². The van der Waals surface area contributed by atoms with Gasteiger partial charge in [0.25, 0.3) is 0 Å². The van der Waals surface area contributed by atoms with Crippen LogP contribution in [0.4, 0.5) is 4.79 Å². The van der Waals surface area contributed by atoms with Crippen molar-refractivity contribution in [3.05, 3.63) is 0 Å². The van der Waals surface area contributed by atoms with Crippen molar-refractivity contribution in [2.24, 2.45) is 5.92 Å². The maximum Gasteiger partial charge on any atom is 0.317 e. The van der Waals surface area contributed by atoms with Gasteiger partial charge in [-0.2, -0.15) is 0 Å². The summed E-state index contributed by atoms with van der Waals surface area (Å²) in [4.78, 5) is 41.0. The summed E-state index contributed by atoms with van der Waals surface area (Å²) in [7, 11) is 0. The predicted octanol–water partition coefficient (Wildman–Crippen LogP) is 1.09. The molecule has 25 heavy (non-hydrogen) atoms. The van der Waals surface area contributed by atoms with Gasteiger partial charge in [-0.1, -0.05) is 33.1 Å². The maximum absolute atomic E-state index is 12.6. The first-order valence-corrected chi connectivity index (χ1v) is 9.62. The molecule has 0 spiro atoms. The van der Waals surface area contributed by atoms with Gasteiger partial charge in [-0.05, 0) is 25.2 Å². The highest BCUT2D eigenvalue weighted by molar-refractivity contribution is 5.97. The van der Waals surface area contributed by atoms with Gasteiger partial charge >= 0.3 is 6.03 Å². The number of urea groups is 1. The number of fused-ring (bicyclic) bond motifs is 1. The van der Waals surface area contributed by atoms with E-state index in [2.05, 4.69) is 10.6 Å². The molecule has 7 nitrogen and oxygen atoms in total. The van der Waals surface area contributed by atoms with Crippen LogP contribution in [0.25, 0.3) is 0 Å². The zero-order valence-corrected chi connectivity index (χ0v) is 15.3. The number of rotatable bonds is 3.